The molecule has 0 spiro atoms. The zero-order chi connectivity index (χ0) is 21.1. The molecule has 6 nitrogen and oxygen atoms in total. The minimum Gasteiger partial charge on any atom is -0.496 e. The molecule has 0 unspecified atom stereocenters. The number of benzene rings is 1. The molecule has 1 fully saturated rings. The predicted octanol–water partition coefficient (Wildman–Crippen LogP) is 3.78. The number of hydrogen-bond donors (Lipinski definition) is 0. The quantitative estimate of drug-likeness (QED) is 0.526. The molecular formula is C20H27BO6S. The second kappa shape index (κ2) is 8.72. The van der Waals surface area contributed by atoms with Crippen LogP contribution < -0.4 is 4.74 Å². The summed E-state index contributed by atoms with van der Waals surface area (Å²) < 4.78 is 22.5. The molecule has 0 aliphatic carbocycles. The van der Waals surface area contributed by atoms with E-state index in [0.717, 1.165) is 11.0 Å². The standard InChI is InChI=1S/C20H27BO6S/c1-13(22)28-12-16(21-26-19(2,3)20(4,5)27-21)10-14-8-9-15(18(23)25-7)11-17(14)24-6/h8-11H,12H2,1-7H3. The SMILES string of the molecule is COC(=O)c1ccc(C=C(CSC(C)=O)B2OC(C)(C)C(C)(C)O2)c(OC)c1. The first-order chi connectivity index (χ1) is 13.0. The van der Waals surface area contributed by atoms with Crippen molar-refractivity contribution in [1.82, 2.24) is 0 Å². The van der Waals surface area contributed by atoms with Crippen LogP contribution in [0.25, 0.3) is 6.08 Å². The van der Waals surface area contributed by atoms with Crippen LogP contribution in [0.4, 0.5) is 0 Å². The Hall–Kier alpha value is -1.77. The molecule has 0 atom stereocenters. The Balaban J connectivity index is 2.42. The summed E-state index contributed by atoms with van der Waals surface area (Å²) in [7, 11) is 2.28. The van der Waals surface area contributed by atoms with Gasteiger partial charge in [0.2, 0.25) is 0 Å². The summed E-state index contributed by atoms with van der Waals surface area (Å²) in [6.45, 7) is 9.45. The largest absolute Gasteiger partial charge is 0.496 e. The van der Waals surface area contributed by atoms with E-state index in [1.54, 1.807) is 18.2 Å². The topological polar surface area (TPSA) is 71.1 Å². The first-order valence-electron chi connectivity index (χ1n) is 8.96. The van der Waals surface area contributed by atoms with Crippen molar-refractivity contribution in [2.75, 3.05) is 20.0 Å². The van der Waals surface area contributed by atoms with Crippen molar-refractivity contribution < 1.29 is 28.4 Å². The van der Waals surface area contributed by atoms with Crippen LogP contribution in [-0.4, -0.2) is 49.4 Å². The van der Waals surface area contributed by atoms with Crippen molar-refractivity contribution in [1.29, 1.82) is 0 Å². The van der Waals surface area contributed by atoms with E-state index in [0.29, 0.717) is 17.1 Å². The number of hydrogen-bond acceptors (Lipinski definition) is 7. The van der Waals surface area contributed by atoms with Crippen molar-refractivity contribution in [3.8, 4) is 5.75 Å². The Morgan fingerprint density at radius 2 is 1.75 bits per heavy atom. The van der Waals surface area contributed by atoms with Gasteiger partial charge in [0.15, 0.2) is 5.12 Å². The number of ether oxygens (including phenoxy) is 2. The molecule has 1 aromatic rings. The number of carbonyl (C=O) groups excluding carboxylic acids is 2. The molecule has 8 heteroatoms. The highest BCUT2D eigenvalue weighted by Crippen LogP contribution is 2.39. The van der Waals surface area contributed by atoms with Gasteiger partial charge in [0, 0.05) is 18.2 Å². The zero-order valence-electron chi connectivity index (χ0n) is 17.5. The summed E-state index contributed by atoms with van der Waals surface area (Å²) in [5.41, 5.74) is 0.978. The van der Waals surface area contributed by atoms with Gasteiger partial charge in [-0.3, -0.25) is 4.79 Å². The number of esters is 1. The van der Waals surface area contributed by atoms with Crippen molar-refractivity contribution in [2.24, 2.45) is 0 Å². The lowest BCUT2D eigenvalue weighted by Crippen LogP contribution is -2.41. The van der Waals surface area contributed by atoms with Crippen LogP contribution in [0, 0.1) is 0 Å². The Bertz CT molecular complexity index is 771. The van der Waals surface area contributed by atoms with Gasteiger partial charge < -0.3 is 18.8 Å². The molecular weight excluding hydrogens is 379 g/mol. The van der Waals surface area contributed by atoms with Gasteiger partial charge in [0.1, 0.15) is 5.75 Å². The van der Waals surface area contributed by atoms with E-state index in [4.69, 9.17) is 18.8 Å². The van der Waals surface area contributed by atoms with Crippen LogP contribution in [0.15, 0.2) is 23.7 Å². The zero-order valence-corrected chi connectivity index (χ0v) is 18.3. The Labute approximate surface area is 171 Å². The fraction of sp³-hybridized carbons (Fsp3) is 0.500. The third-order valence-electron chi connectivity index (χ3n) is 4.99. The van der Waals surface area contributed by atoms with E-state index in [1.165, 1.54) is 32.9 Å². The summed E-state index contributed by atoms with van der Waals surface area (Å²) in [4.78, 5) is 23.3. The molecule has 0 amide bonds. The third-order valence-corrected chi connectivity index (χ3v) is 5.88. The maximum Gasteiger partial charge on any atom is 0.491 e. The van der Waals surface area contributed by atoms with Gasteiger partial charge in [-0.15, -0.1) is 0 Å². The van der Waals surface area contributed by atoms with Crippen molar-refractivity contribution >= 4 is 36.0 Å². The maximum absolute atomic E-state index is 11.8. The van der Waals surface area contributed by atoms with Gasteiger partial charge in [-0.2, -0.15) is 0 Å². The Morgan fingerprint density at radius 1 is 1.14 bits per heavy atom. The minimum absolute atomic E-state index is 0.00965. The maximum atomic E-state index is 11.8. The molecule has 1 aliphatic heterocycles. The van der Waals surface area contributed by atoms with Gasteiger partial charge in [0.25, 0.3) is 0 Å². The summed E-state index contributed by atoms with van der Waals surface area (Å²) in [6.07, 6.45) is 1.89. The number of carbonyl (C=O) groups is 2. The highest BCUT2D eigenvalue weighted by molar-refractivity contribution is 8.13. The van der Waals surface area contributed by atoms with Gasteiger partial charge in [-0.05, 0) is 45.3 Å². The van der Waals surface area contributed by atoms with Gasteiger partial charge in [-0.25, -0.2) is 4.79 Å². The Morgan fingerprint density at radius 3 is 2.25 bits per heavy atom. The van der Waals surface area contributed by atoms with E-state index in [2.05, 4.69) is 0 Å². The number of methoxy groups -OCH3 is 2. The summed E-state index contributed by atoms with van der Waals surface area (Å²) >= 11 is 1.19. The normalized spacial score (nSPS) is 18.1. The van der Waals surface area contributed by atoms with E-state index in [1.807, 2.05) is 33.8 Å². The lowest BCUT2D eigenvalue weighted by molar-refractivity contribution is -0.109. The minimum atomic E-state index is -0.582. The summed E-state index contributed by atoms with van der Waals surface area (Å²) in [5.74, 6) is 0.505. The smallest absolute Gasteiger partial charge is 0.491 e. The molecule has 0 saturated carbocycles. The van der Waals surface area contributed by atoms with E-state index < -0.39 is 24.3 Å². The molecule has 1 saturated heterocycles. The van der Waals surface area contributed by atoms with Gasteiger partial charge >= 0.3 is 13.1 Å². The first kappa shape index (κ1) is 22.5. The number of thioether (sulfide) groups is 1. The van der Waals surface area contributed by atoms with Crippen LogP contribution >= 0.6 is 11.8 Å². The third kappa shape index (κ3) is 4.98. The number of rotatable bonds is 6. The van der Waals surface area contributed by atoms with E-state index >= 15 is 0 Å². The monoisotopic (exact) mass is 406 g/mol. The average molecular weight is 406 g/mol. The first-order valence-corrected chi connectivity index (χ1v) is 9.95. The molecule has 0 radical (unpaired) electrons. The average Bonchev–Trinajstić information content (AvgIpc) is 2.85. The highest BCUT2D eigenvalue weighted by Gasteiger charge is 2.52. The molecule has 28 heavy (non-hydrogen) atoms. The second-order valence-electron chi connectivity index (χ2n) is 7.54. The van der Waals surface area contributed by atoms with Crippen molar-refractivity contribution in [3.05, 3.63) is 34.8 Å². The van der Waals surface area contributed by atoms with Crippen LogP contribution in [0.3, 0.4) is 0 Å². The van der Waals surface area contributed by atoms with Crippen LogP contribution in [-0.2, 0) is 18.8 Å². The van der Waals surface area contributed by atoms with E-state index in [-0.39, 0.29) is 5.12 Å². The predicted molar refractivity (Wildman–Crippen MR) is 112 cm³/mol. The van der Waals surface area contributed by atoms with Crippen molar-refractivity contribution in [2.45, 2.75) is 45.8 Å². The molecule has 152 valence electrons. The molecule has 0 N–H and O–H groups in total. The lowest BCUT2D eigenvalue weighted by atomic mass is 9.78. The molecule has 2 rings (SSSR count). The van der Waals surface area contributed by atoms with E-state index in [9.17, 15) is 9.59 Å². The van der Waals surface area contributed by atoms with Crippen LogP contribution in [0.5, 0.6) is 5.75 Å². The molecule has 0 bridgehead atoms. The molecule has 1 heterocycles. The Kier molecular flexibility index (Phi) is 7.01. The van der Waals surface area contributed by atoms with Crippen molar-refractivity contribution in [3.63, 3.8) is 0 Å². The summed E-state index contributed by atoms with van der Waals surface area (Å²) in [6, 6.07) is 5.06. The fourth-order valence-corrected chi connectivity index (χ4v) is 3.22. The van der Waals surface area contributed by atoms with Gasteiger partial charge in [0.05, 0.1) is 31.0 Å². The molecule has 1 aromatic carbocycles. The van der Waals surface area contributed by atoms with Crippen LogP contribution in [0.2, 0.25) is 0 Å². The van der Waals surface area contributed by atoms with Crippen LogP contribution in [0.1, 0.15) is 50.5 Å². The summed E-state index contributed by atoms with van der Waals surface area (Å²) in [5, 5.41) is 0.00965. The molecule has 0 aromatic heterocycles. The lowest BCUT2D eigenvalue weighted by Gasteiger charge is -2.32. The van der Waals surface area contributed by atoms with Gasteiger partial charge in [-0.1, -0.05) is 23.9 Å². The fourth-order valence-electron chi connectivity index (χ4n) is 2.63. The second-order valence-corrected chi connectivity index (χ2v) is 8.69. The highest BCUT2D eigenvalue weighted by atomic mass is 32.2. The molecule has 1 aliphatic rings.